The Morgan fingerprint density at radius 1 is 1.30 bits per heavy atom. The molecule has 30 heavy (non-hydrogen) atoms. The van der Waals surface area contributed by atoms with Gasteiger partial charge in [-0.1, -0.05) is 0 Å². The van der Waals surface area contributed by atoms with Crippen LogP contribution in [0.3, 0.4) is 0 Å². The number of aryl methyl sites for hydroxylation is 1. The van der Waals surface area contributed by atoms with Crippen molar-refractivity contribution >= 4 is 39.1 Å². The molecule has 1 saturated heterocycles. The number of benzene rings is 1. The van der Waals surface area contributed by atoms with E-state index in [-0.39, 0.29) is 27.2 Å². The molecule has 1 aliphatic heterocycles. The second kappa shape index (κ2) is 8.98. The Hall–Kier alpha value is -2.69. The van der Waals surface area contributed by atoms with Crippen molar-refractivity contribution in [1.29, 1.82) is 5.26 Å². The number of carbonyl (C=O) groups excluding carboxylic acids is 2. The first-order valence-corrected chi connectivity index (χ1v) is 14.3. The minimum atomic E-state index is -3.57. The van der Waals surface area contributed by atoms with Crippen LogP contribution in [-0.2, 0) is 17.6 Å². The van der Waals surface area contributed by atoms with Crippen molar-refractivity contribution in [2.75, 3.05) is 24.6 Å². The maximum atomic E-state index is 12.5. The zero-order valence-corrected chi connectivity index (χ0v) is 19.4. The van der Waals surface area contributed by atoms with Crippen LogP contribution >= 0.6 is 0 Å². The average molecular weight is 489 g/mol. The van der Waals surface area contributed by atoms with Gasteiger partial charge in [0, 0.05) is 0 Å². The van der Waals surface area contributed by atoms with E-state index in [1.165, 1.54) is 18.2 Å². The molecule has 0 radical (unpaired) electrons. The van der Waals surface area contributed by atoms with Gasteiger partial charge in [0.2, 0.25) is 0 Å². The van der Waals surface area contributed by atoms with E-state index in [0.29, 0.717) is 24.6 Å². The number of anilines is 1. The van der Waals surface area contributed by atoms with Crippen molar-refractivity contribution in [3.05, 3.63) is 53.2 Å². The molecule has 1 atom stereocenters. The van der Waals surface area contributed by atoms with Crippen LogP contribution in [0.25, 0.3) is 0 Å². The summed E-state index contributed by atoms with van der Waals surface area (Å²) in [5.41, 5.74) is 0.866. The fraction of sp³-hybridized carbons (Fsp3) is 0.300. The van der Waals surface area contributed by atoms with Crippen molar-refractivity contribution in [1.82, 2.24) is 4.98 Å². The van der Waals surface area contributed by atoms with Crippen molar-refractivity contribution in [2.45, 2.75) is 18.7 Å². The van der Waals surface area contributed by atoms with Gasteiger partial charge in [0.1, 0.15) is 0 Å². The predicted octanol–water partition coefficient (Wildman–Crippen LogP) is 1.23. The summed E-state index contributed by atoms with van der Waals surface area (Å²) in [4.78, 5) is 30.8. The summed E-state index contributed by atoms with van der Waals surface area (Å²) < 4.78 is 29.7. The number of aromatic nitrogens is 1. The SMILES string of the molecule is CCOC(=O)c1cc(C#N)c(N2CC(C(=O)[AsH]S(=O)(=O)c3ccccc3)C2)nc1C. The van der Waals surface area contributed by atoms with Crippen LogP contribution in [-0.4, -0.2) is 58.2 Å². The zero-order chi connectivity index (χ0) is 21.9. The fourth-order valence-corrected chi connectivity index (χ4v) is 8.79. The van der Waals surface area contributed by atoms with Crippen LogP contribution in [0.1, 0.15) is 28.5 Å². The Labute approximate surface area is 180 Å². The molecule has 2 heterocycles. The topological polar surface area (TPSA) is 117 Å². The Morgan fingerprint density at radius 3 is 2.57 bits per heavy atom. The number of carbonyl (C=O) groups is 2. The number of pyridine rings is 1. The van der Waals surface area contributed by atoms with Gasteiger partial charge in [-0.05, 0) is 0 Å². The van der Waals surface area contributed by atoms with Crippen LogP contribution in [0.4, 0.5) is 5.82 Å². The molecule has 10 heteroatoms. The van der Waals surface area contributed by atoms with E-state index in [0.717, 1.165) is 0 Å². The minimum absolute atomic E-state index is 0.174. The average Bonchev–Trinajstić information content (AvgIpc) is 2.67. The molecule has 1 aliphatic rings. The second-order valence-corrected chi connectivity index (χ2v) is 14.1. The van der Waals surface area contributed by atoms with Gasteiger partial charge >= 0.3 is 181 Å². The number of nitriles is 1. The molecule has 2 aromatic rings. The predicted molar refractivity (Wildman–Crippen MR) is 111 cm³/mol. The molecule has 1 unspecified atom stereocenters. The molecule has 3 rings (SSSR count). The van der Waals surface area contributed by atoms with Crippen LogP contribution in [0.5, 0.6) is 0 Å². The number of esters is 1. The molecule has 1 fully saturated rings. The number of hydrogen-bond acceptors (Lipinski definition) is 8. The van der Waals surface area contributed by atoms with Gasteiger partial charge in [0.05, 0.1) is 0 Å². The van der Waals surface area contributed by atoms with E-state index in [1.54, 1.807) is 36.9 Å². The third-order valence-corrected chi connectivity index (χ3v) is 11.3. The van der Waals surface area contributed by atoms with E-state index in [1.807, 2.05) is 6.07 Å². The molecule has 0 spiro atoms. The first-order chi connectivity index (χ1) is 14.3. The second-order valence-electron chi connectivity index (χ2n) is 6.71. The standard InChI is InChI=1S/C20H20AsN3O5S/c1-3-29-20(26)17-9-14(10-22)19(23-13(17)2)24-11-15(12-24)18(25)21-30(27,28)16-7-5-4-6-8-16/h4-9,15,21H,3,11-12H2,1-2H3. The quantitative estimate of drug-likeness (QED) is 0.421. The monoisotopic (exact) mass is 489 g/mol. The van der Waals surface area contributed by atoms with E-state index in [4.69, 9.17) is 4.74 Å². The van der Waals surface area contributed by atoms with Gasteiger partial charge in [0.25, 0.3) is 0 Å². The van der Waals surface area contributed by atoms with Crippen LogP contribution in [0, 0.1) is 24.2 Å². The van der Waals surface area contributed by atoms with Crippen molar-refractivity contribution in [3.63, 3.8) is 0 Å². The van der Waals surface area contributed by atoms with Gasteiger partial charge in [-0.3, -0.25) is 0 Å². The summed E-state index contributed by atoms with van der Waals surface area (Å²) in [5, 5.41) is 9.46. The molecule has 0 amide bonds. The first-order valence-electron chi connectivity index (χ1n) is 9.22. The number of nitrogens with zero attached hydrogens (tertiary/aromatic N) is 3. The number of ether oxygens (including phenoxy) is 1. The number of hydrogen-bond donors (Lipinski definition) is 0. The van der Waals surface area contributed by atoms with Gasteiger partial charge in [-0.25, -0.2) is 0 Å². The Bertz CT molecular complexity index is 1120. The molecule has 1 aromatic carbocycles. The summed E-state index contributed by atoms with van der Waals surface area (Å²) >= 11 is -1.88. The summed E-state index contributed by atoms with van der Waals surface area (Å²) in [6.07, 6.45) is 0. The van der Waals surface area contributed by atoms with Crippen molar-refractivity contribution in [2.24, 2.45) is 5.92 Å². The van der Waals surface area contributed by atoms with Crippen LogP contribution < -0.4 is 4.90 Å². The summed E-state index contributed by atoms with van der Waals surface area (Å²) in [7, 11) is -3.57. The van der Waals surface area contributed by atoms with E-state index >= 15 is 0 Å². The molecular weight excluding hydrogens is 469 g/mol. The fourth-order valence-electron chi connectivity index (χ4n) is 3.02. The van der Waals surface area contributed by atoms with Gasteiger partial charge < -0.3 is 0 Å². The number of rotatable bonds is 7. The summed E-state index contributed by atoms with van der Waals surface area (Å²) in [5.74, 6) is -0.557. The van der Waals surface area contributed by atoms with Gasteiger partial charge in [0.15, 0.2) is 0 Å². The maximum absolute atomic E-state index is 12.5. The van der Waals surface area contributed by atoms with Crippen molar-refractivity contribution < 1.29 is 22.7 Å². The molecular formula is C20H20AsN3O5S. The Morgan fingerprint density at radius 2 is 1.97 bits per heavy atom. The molecule has 0 saturated carbocycles. The zero-order valence-electron chi connectivity index (χ0n) is 16.5. The Balaban J connectivity index is 1.70. The van der Waals surface area contributed by atoms with Gasteiger partial charge in [-0.15, -0.1) is 0 Å². The van der Waals surface area contributed by atoms with Crippen LogP contribution in [0.2, 0.25) is 0 Å². The summed E-state index contributed by atoms with van der Waals surface area (Å²) in [6, 6.07) is 11.4. The van der Waals surface area contributed by atoms with E-state index in [9.17, 15) is 23.3 Å². The van der Waals surface area contributed by atoms with Gasteiger partial charge in [-0.2, -0.15) is 0 Å². The molecule has 0 N–H and O–H groups in total. The third-order valence-electron chi connectivity index (χ3n) is 4.65. The van der Waals surface area contributed by atoms with Crippen molar-refractivity contribution in [3.8, 4) is 6.07 Å². The normalized spacial score (nSPS) is 14.4. The molecule has 8 nitrogen and oxygen atoms in total. The summed E-state index contributed by atoms with van der Waals surface area (Å²) in [6.45, 7) is 4.16. The Kier molecular flexibility index (Phi) is 6.59. The molecule has 0 bridgehead atoms. The first kappa shape index (κ1) is 22.0. The third kappa shape index (κ3) is 4.55. The van der Waals surface area contributed by atoms with E-state index in [2.05, 4.69) is 4.98 Å². The molecule has 156 valence electrons. The molecule has 0 aliphatic carbocycles. The van der Waals surface area contributed by atoms with E-state index < -0.39 is 34.6 Å². The van der Waals surface area contributed by atoms with Crippen LogP contribution in [0.15, 0.2) is 41.3 Å². The molecule has 1 aromatic heterocycles.